The Bertz CT molecular complexity index is 831. The molecule has 1 amide bonds. The third kappa shape index (κ3) is 4.08. The van der Waals surface area contributed by atoms with Gasteiger partial charge < -0.3 is 10.0 Å². The summed E-state index contributed by atoms with van der Waals surface area (Å²) < 4.78 is 0. The van der Waals surface area contributed by atoms with Crippen molar-refractivity contribution in [3.05, 3.63) is 77.3 Å². The van der Waals surface area contributed by atoms with E-state index < -0.39 is 17.7 Å². The number of carbonyl (C=O) groups excluding carboxylic acids is 2. The fraction of sp³-hybridized carbons (Fsp3) is 0.318. The largest absolute Gasteiger partial charge is 0.503 e. The molecule has 0 aliphatic carbocycles. The zero-order valence-electron chi connectivity index (χ0n) is 15.5. The van der Waals surface area contributed by atoms with E-state index in [1.54, 1.807) is 23.4 Å². The van der Waals surface area contributed by atoms with E-state index in [9.17, 15) is 14.7 Å². The second-order valence-corrected chi connectivity index (χ2v) is 6.71. The molecule has 0 radical (unpaired) electrons. The number of nitrogens with zero attached hydrogens (tertiary/aromatic N) is 2. The fourth-order valence-electron chi connectivity index (χ4n) is 3.42. The second kappa shape index (κ2) is 8.62. The number of pyridine rings is 1. The summed E-state index contributed by atoms with van der Waals surface area (Å²) in [4.78, 5) is 31.3. The minimum atomic E-state index is -0.568. The Morgan fingerprint density at radius 3 is 2.63 bits per heavy atom. The molecule has 3 rings (SSSR count). The molecule has 5 heteroatoms. The number of rotatable bonds is 8. The van der Waals surface area contributed by atoms with Crippen LogP contribution in [0.4, 0.5) is 0 Å². The SMILES string of the molecule is CCCCN1C(=O)C(O)=C(C(=O)CCc2ccccc2)C1c1cccnc1. The van der Waals surface area contributed by atoms with Crippen LogP contribution in [0.3, 0.4) is 0 Å². The molecule has 1 aromatic heterocycles. The van der Waals surface area contributed by atoms with Gasteiger partial charge in [0.05, 0.1) is 11.6 Å². The molecule has 1 aliphatic heterocycles. The molecule has 1 unspecified atom stereocenters. The third-order valence-electron chi connectivity index (χ3n) is 4.84. The van der Waals surface area contributed by atoms with Crippen molar-refractivity contribution in [1.82, 2.24) is 9.88 Å². The molecule has 0 bridgehead atoms. The number of carbonyl (C=O) groups is 2. The Morgan fingerprint density at radius 1 is 1.19 bits per heavy atom. The third-order valence-corrected chi connectivity index (χ3v) is 4.84. The maximum absolute atomic E-state index is 13.0. The Balaban J connectivity index is 1.87. The van der Waals surface area contributed by atoms with Gasteiger partial charge in [-0.2, -0.15) is 0 Å². The number of amides is 1. The number of aliphatic hydroxyl groups excluding tert-OH is 1. The molecule has 1 atom stereocenters. The number of aryl methyl sites for hydroxylation is 1. The first kappa shape index (κ1) is 18.8. The zero-order valence-corrected chi connectivity index (χ0v) is 15.5. The summed E-state index contributed by atoms with van der Waals surface area (Å²) >= 11 is 0. The van der Waals surface area contributed by atoms with Gasteiger partial charge in [0.1, 0.15) is 0 Å². The standard InChI is InChI=1S/C22H24N2O3/c1-2-3-14-24-20(17-10-7-13-23-15-17)19(21(26)22(24)27)18(25)12-11-16-8-5-4-6-9-16/h4-10,13,15,20,26H,2-3,11-12,14H2,1H3. The van der Waals surface area contributed by atoms with Gasteiger partial charge in [-0.3, -0.25) is 14.6 Å². The molecule has 0 saturated carbocycles. The van der Waals surface area contributed by atoms with Gasteiger partial charge in [-0.1, -0.05) is 49.7 Å². The number of unbranched alkanes of at least 4 members (excludes halogenated alkanes) is 1. The normalized spacial score (nSPS) is 16.9. The molecule has 0 saturated heterocycles. The summed E-state index contributed by atoms with van der Waals surface area (Å²) in [6.07, 6.45) is 5.84. The average molecular weight is 364 g/mol. The van der Waals surface area contributed by atoms with E-state index in [1.165, 1.54) is 0 Å². The van der Waals surface area contributed by atoms with E-state index in [1.807, 2.05) is 43.3 Å². The van der Waals surface area contributed by atoms with Crippen LogP contribution in [0.2, 0.25) is 0 Å². The first-order valence-corrected chi connectivity index (χ1v) is 9.34. The molecule has 5 nitrogen and oxygen atoms in total. The van der Waals surface area contributed by atoms with Crippen LogP contribution in [0, 0.1) is 0 Å². The number of benzene rings is 1. The maximum atomic E-state index is 13.0. The van der Waals surface area contributed by atoms with Crippen LogP contribution in [0.1, 0.15) is 43.4 Å². The highest BCUT2D eigenvalue weighted by Crippen LogP contribution is 2.38. The van der Waals surface area contributed by atoms with Crippen LogP contribution < -0.4 is 0 Å². The van der Waals surface area contributed by atoms with E-state index >= 15 is 0 Å². The summed E-state index contributed by atoms with van der Waals surface area (Å²) in [5, 5.41) is 10.5. The van der Waals surface area contributed by atoms with E-state index in [2.05, 4.69) is 4.98 Å². The van der Waals surface area contributed by atoms with Crippen LogP contribution in [0.5, 0.6) is 0 Å². The summed E-state index contributed by atoms with van der Waals surface area (Å²) in [5.41, 5.74) is 1.99. The first-order valence-electron chi connectivity index (χ1n) is 9.34. The molecule has 0 spiro atoms. The zero-order chi connectivity index (χ0) is 19.2. The first-order chi connectivity index (χ1) is 13.1. The highest BCUT2D eigenvalue weighted by molar-refractivity contribution is 6.09. The van der Waals surface area contributed by atoms with Crippen LogP contribution in [-0.4, -0.2) is 33.2 Å². The molecule has 1 aliphatic rings. The average Bonchev–Trinajstić information content (AvgIpc) is 2.96. The van der Waals surface area contributed by atoms with E-state index in [0.717, 1.165) is 24.0 Å². The quantitative estimate of drug-likeness (QED) is 0.774. The van der Waals surface area contributed by atoms with Crippen molar-refractivity contribution in [3.8, 4) is 0 Å². The van der Waals surface area contributed by atoms with Gasteiger partial charge in [0.25, 0.3) is 5.91 Å². The molecule has 1 aromatic carbocycles. The minimum absolute atomic E-state index is 0.194. The Labute approximate surface area is 159 Å². The highest BCUT2D eigenvalue weighted by atomic mass is 16.3. The summed E-state index contributed by atoms with van der Waals surface area (Å²) in [7, 11) is 0. The van der Waals surface area contributed by atoms with Gasteiger partial charge in [0, 0.05) is 25.4 Å². The predicted molar refractivity (Wildman–Crippen MR) is 103 cm³/mol. The van der Waals surface area contributed by atoms with Crippen molar-refractivity contribution < 1.29 is 14.7 Å². The number of aliphatic hydroxyl groups is 1. The van der Waals surface area contributed by atoms with Crippen molar-refractivity contribution in [2.75, 3.05) is 6.54 Å². The molecule has 2 heterocycles. The van der Waals surface area contributed by atoms with Crippen molar-refractivity contribution >= 4 is 11.7 Å². The lowest BCUT2D eigenvalue weighted by Gasteiger charge is -2.26. The number of Topliss-reactive ketones (excluding diaryl/α,β-unsaturated/α-hetero) is 1. The monoisotopic (exact) mass is 364 g/mol. The van der Waals surface area contributed by atoms with E-state index in [-0.39, 0.29) is 17.8 Å². The Kier molecular flexibility index (Phi) is 6.01. The maximum Gasteiger partial charge on any atom is 0.290 e. The molecular formula is C22H24N2O3. The minimum Gasteiger partial charge on any atom is -0.503 e. The van der Waals surface area contributed by atoms with Crippen LogP contribution >= 0.6 is 0 Å². The van der Waals surface area contributed by atoms with Gasteiger partial charge in [-0.15, -0.1) is 0 Å². The Hall–Kier alpha value is -2.95. The summed E-state index contributed by atoms with van der Waals surface area (Å²) in [5.74, 6) is -1.09. The number of hydrogen-bond acceptors (Lipinski definition) is 4. The summed E-state index contributed by atoms with van der Waals surface area (Å²) in [6, 6.07) is 12.8. The molecule has 0 fully saturated rings. The smallest absolute Gasteiger partial charge is 0.290 e. The van der Waals surface area contributed by atoms with Gasteiger partial charge in [-0.25, -0.2) is 0 Å². The van der Waals surface area contributed by atoms with Crippen molar-refractivity contribution in [2.24, 2.45) is 0 Å². The van der Waals surface area contributed by atoms with Crippen LogP contribution in [-0.2, 0) is 16.0 Å². The van der Waals surface area contributed by atoms with Crippen LogP contribution in [0.25, 0.3) is 0 Å². The lowest BCUT2D eigenvalue weighted by atomic mass is 9.94. The van der Waals surface area contributed by atoms with Crippen LogP contribution in [0.15, 0.2) is 66.2 Å². The fourth-order valence-corrected chi connectivity index (χ4v) is 3.42. The molecule has 140 valence electrons. The predicted octanol–water partition coefficient (Wildman–Crippen LogP) is 3.78. The molecule has 2 aromatic rings. The van der Waals surface area contributed by atoms with Crippen molar-refractivity contribution in [1.29, 1.82) is 0 Å². The van der Waals surface area contributed by atoms with Gasteiger partial charge in [-0.05, 0) is 30.0 Å². The van der Waals surface area contributed by atoms with Gasteiger partial charge in [0.2, 0.25) is 0 Å². The lowest BCUT2D eigenvalue weighted by molar-refractivity contribution is -0.129. The number of hydrogen-bond donors (Lipinski definition) is 1. The molecule has 27 heavy (non-hydrogen) atoms. The summed E-state index contributed by atoms with van der Waals surface area (Å²) in [6.45, 7) is 2.53. The van der Waals surface area contributed by atoms with Gasteiger partial charge >= 0.3 is 0 Å². The number of aromatic nitrogens is 1. The topological polar surface area (TPSA) is 70.5 Å². The highest BCUT2D eigenvalue weighted by Gasteiger charge is 2.42. The van der Waals surface area contributed by atoms with E-state index in [4.69, 9.17) is 0 Å². The van der Waals surface area contributed by atoms with Crippen molar-refractivity contribution in [3.63, 3.8) is 0 Å². The van der Waals surface area contributed by atoms with E-state index in [0.29, 0.717) is 13.0 Å². The number of ketones is 1. The second-order valence-electron chi connectivity index (χ2n) is 6.71. The lowest BCUT2D eigenvalue weighted by Crippen LogP contribution is -2.32. The van der Waals surface area contributed by atoms with Crippen molar-refractivity contribution in [2.45, 2.75) is 38.6 Å². The van der Waals surface area contributed by atoms with Gasteiger partial charge in [0.15, 0.2) is 11.5 Å². The Morgan fingerprint density at radius 2 is 1.96 bits per heavy atom. The molecule has 1 N–H and O–H groups in total. The molecular weight excluding hydrogens is 340 g/mol.